The summed E-state index contributed by atoms with van der Waals surface area (Å²) in [5.74, 6) is -0.125. The van der Waals surface area contributed by atoms with Crippen LogP contribution in [0.5, 0.6) is 5.75 Å². The van der Waals surface area contributed by atoms with E-state index in [1.165, 1.54) is 6.92 Å². The minimum absolute atomic E-state index is 0.296. The standard InChI is InChI=1S/C14H18ClNO6/c1-7(18)16-11-13(20)12(19)10(6-17)22-14(11)21-9-5-3-2-4-8(9)15/h2-5,10-14,17,19-20H,6H2,1H3,(H,16,18)/t10-,11+,12+,13-,14-/m0/s1. The molecule has 7 nitrogen and oxygen atoms in total. The Morgan fingerprint density at radius 2 is 2.05 bits per heavy atom. The van der Waals surface area contributed by atoms with Gasteiger partial charge in [-0.1, -0.05) is 23.7 Å². The van der Waals surface area contributed by atoms with E-state index in [2.05, 4.69) is 5.32 Å². The number of halogens is 1. The van der Waals surface area contributed by atoms with Crippen molar-refractivity contribution in [1.29, 1.82) is 0 Å². The predicted octanol–water partition coefficient (Wildman–Crippen LogP) is -0.338. The molecule has 5 atom stereocenters. The number of aliphatic hydroxyl groups is 3. The van der Waals surface area contributed by atoms with E-state index < -0.39 is 43.2 Å². The number of amides is 1. The normalized spacial score (nSPS) is 31.6. The maximum atomic E-state index is 11.3. The van der Waals surface area contributed by atoms with Gasteiger partial charge in [-0.3, -0.25) is 4.79 Å². The van der Waals surface area contributed by atoms with Crippen molar-refractivity contribution >= 4 is 17.5 Å². The molecule has 1 aromatic rings. The first-order valence-electron chi connectivity index (χ1n) is 6.74. The van der Waals surface area contributed by atoms with Crippen molar-refractivity contribution in [2.75, 3.05) is 6.61 Å². The van der Waals surface area contributed by atoms with Crippen LogP contribution in [0.2, 0.25) is 5.02 Å². The van der Waals surface area contributed by atoms with Gasteiger partial charge in [0.25, 0.3) is 0 Å². The highest BCUT2D eigenvalue weighted by atomic mass is 35.5. The number of nitrogens with one attached hydrogen (secondary N) is 1. The number of para-hydroxylation sites is 1. The monoisotopic (exact) mass is 331 g/mol. The molecule has 1 heterocycles. The highest BCUT2D eigenvalue weighted by Gasteiger charge is 2.46. The van der Waals surface area contributed by atoms with E-state index in [0.29, 0.717) is 10.8 Å². The number of benzene rings is 1. The highest BCUT2D eigenvalue weighted by Crippen LogP contribution is 2.28. The van der Waals surface area contributed by atoms with Crippen molar-refractivity contribution < 1.29 is 29.6 Å². The Balaban J connectivity index is 2.23. The molecule has 1 fully saturated rings. The van der Waals surface area contributed by atoms with Gasteiger partial charge < -0.3 is 30.1 Å². The largest absolute Gasteiger partial charge is 0.461 e. The number of carbonyl (C=O) groups excluding carboxylic acids is 1. The van der Waals surface area contributed by atoms with Gasteiger partial charge in [-0.15, -0.1) is 0 Å². The summed E-state index contributed by atoms with van der Waals surface area (Å²) in [6.45, 7) is 0.761. The molecule has 1 saturated heterocycles. The molecule has 122 valence electrons. The van der Waals surface area contributed by atoms with Crippen LogP contribution in [0.15, 0.2) is 24.3 Å². The second-order valence-corrected chi connectivity index (χ2v) is 5.39. The summed E-state index contributed by atoms with van der Waals surface area (Å²) < 4.78 is 11.0. The Bertz CT molecular complexity index is 528. The number of carbonyl (C=O) groups is 1. The summed E-state index contributed by atoms with van der Waals surface area (Å²) in [4.78, 5) is 11.3. The summed E-state index contributed by atoms with van der Waals surface area (Å²) in [6, 6.07) is 5.62. The van der Waals surface area contributed by atoms with Crippen LogP contribution in [0.4, 0.5) is 0 Å². The lowest BCUT2D eigenvalue weighted by atomic mass is 9.97. The molecular formula is C14H18ClNO6. The number of hydrogen-bond acceptors (Lipinski definition) is 6. The van der Waals surface area contributed by atoms with Crippen LogP contribution in [-0.4, -0.2) is 58.5 Å². The van der Waals surface area contributed by atoms with Crippen LogP contribution in [0.3, 0.4) is 0 Å². The quantitative estimate of drug-likeness (QED) is 0.601. The first-order valence-corrected chi connectivity index (χ1v) is 7.12. The smallest absolute Gasteiger partial charge is 0.223 e. The van der Waals surface area contributed by atoms with Crippen LogP contribution in [-0.2, 0) is 9.53 Å². The van der Waals surface area contributed by atoms with Crippen LogP contribution >= 0.6 is 11.6 Å². The molecule has 1 aromatic carbocycles. The van der Waals surface area contributed by atoms with Gasteiger partial charge >= 0.3 is 0 Å². The molecule has 0 radical (unpaired) electrons. The lowest BCUT2D eigenvalue weighted by Crippen LogP contribution is -2.65. The summed E-state index contributed by atoms with van der Waals surface area (Å²) in [5, 5.41) is 32.0. The van der Waals surface area contributed by atoms with Gasteiger partial charge in [0, 0.05) is 6.92 Å². The molecule has 0 bridgehead atoms. The fraction of sp³-hybridized carbons (Fsp3) is 0.500. The van der Waals surface area contributed by atoms with Crippen molar-refractivity contribution in [1.82, 2.24) is 5.32 Å². The second kappa shape index (κ2) is 7.26. The zero-order chi connectivity index (χ0) is 16.3. The highest BCUT2D eigenvalue weighted by molar-refractivity contribution is 6.32. The average molecular weight is 332 g/mol. The predicted molar refractivity (Wildman–Crippen MR) is 77.4 cm³/mol. The van der Waals surface area contributed by atoms with Gasteiger partial charge in [0.1, 0.15) is 30.1 Å². The van der Waals surface area contributed by atoms with E-state index in [9.17, 15) is 20.1 Å². The minimum Gasteiger partial charge on any atom is -0.461 e. The molecule has 0 aromatic heterocycles. The number of hydrogen-bond donors (Lipinski definition) is 4. The lowest BCUT2D eigenvalue weighted by Gasteiger charge is -2.42. The second-order valence-electron chi connectivity index (χ2n) is 4.98. The van der Waals surface area contributed by atoms with Gasteiger partial charge in [-0.25, -0.2) is 0 Å². The van der Waals surface area contributed by atoms with Crippen molar-refractivity contribution in [3.05, 3.63) is 29.3 Å². The Morgan fingerprint density at radius 3 is 2.64 bits per heavy atom. The molecule has 22 heavy (non-hydrogen) atoms. The number of ether oxygens (including phenoxy) is 2. The third-order valence-electron chi connectivity index (χ3n) is 3.33. The van der Waals surface area contributed by atoms with Gasteiger partial charge in [0.2, 0.25) is 12.2 Å². The minimum atomic E-state index is -1.36. The summed E-state index contributed by atoms with van der Waals surface area (Å²) in [6.07, 6.45) is -4.86. The van der Waals surface area contributed by atoms with Crippen molar-refractivity contribution in [3.8, 4) is 5.75 Å². The Hall–Kier alpha value is -1.38. The maximum absolute atomic E-state index is 11.3. The molecular weight excluding hydrogens is 314 g/mol. The fourth-order valence-corrected chi connectivity index (χ4v) is 2.42. The molecule has 2 rings (SSSR count). The molecule has 1 amide bonds. The first-order chi connectivity index (χ1) is 10.4. The van der Waals surface area contributed by atoms with Crippen LogP contribution in [0.1, 0.15) is 6.92 Å². The Kier molecular flexibility index (Phi) is 5.60. The van der Waals surface area contributed by atoms with E-state index in [-0.39, 0.29) is 0 Å². The zero-order valence-corrected chi connectivity index (χ0v) is 12.6. The average Bonchev–Trinajstić information content (AvgIpc) is 2.48. The summed E-state index contributed by atoms with van der Waals surface area (Å²) in [5.41, 5.74) is 0. The van der Waals surface area contributed by atoms with Gasteiger partial charge in [-0.2, -0.15) is 0 Å². The molecule has 1 aliphatic rings. The molecule has 0 unspecified atom stereocenters. The van der Waals surface area contributed by atoms with E-state index in [4.69, 9.17) is 21.1 Å². The topological polar surface area (TPSA) is 108 Å². The molecule has 8 heteroatoms. The van der Waals surface area contributed by atoms with Crippen LogP contribution < -0.4 is 10.1 Å². The van der Waals surface area contributed by atoms with E-state index >= 15 is 0 Å². The fourth-order valence-electron chi connectivity index (χ4n) is 2.24. The number of rotatable bonds is 4. The van der Waals surface area contributed by atoms with Crippen molar-refractivity contribution in [3.63, 3.8) is 0 Å². The zero-order valence-electron chi connectivity index (χ0n) is 11.8. The van der Waals surface area contributed by atoms with Crippen LogP contribution in [0, 0.1) is 0 Å². The SMILES string of the molecule is CC(=O)N[C@H]1[C@@H](Oc2ccccc2Cl)O[C@@H](CO)[C@@H](O)[C@H]1O. The van der Waals surface area contributed by atoms with Crippen LogP contribution in [0.25, 0.3) is 0 Å². The van der Waals surface area contributed by atoms with Gasteiger partial charge in [0.15, 0.2) is 0 Å². The molecule has 0 saturated carbocycles. The number of aliphatic hydroxyl groups excluding tert-OH is 3. The van der Waals surface area contributed by atoms with E-state index in [1.54, 1.807) is 24.3 Å². The molecule has 0 aliphatic carbocycles. The first kappa shape index (κ1) is 17.0. The van der Waals surface area contributed by atoms with Crippen molar-refractivity contribution in [2.45, 2.75) is 37.6 Å². The molecule has 1 aliphatic heterocycles. The maximum Gasteiger partial charge on any atom is 0.223 e. The van der Waals surface area contributed by atoms with Crippen molar-refractivity contribution in [2.24, 2.45) is 0 Å². The third kappa shape index (κ3) is 3.68. The van der Waals surface area contributed by atoms with E-state index in [0.717, 1.165) is 0 Å². The lowest BCUT2D eigenvalue weighted by molar-refractivity contribution is -0.244. The molecule has 0 spiro atoms. The Labute approximate surface area is 132 Å². The van der Waals surface area contributed by atoms with Gasteiger partial charge in [0.05, 0.1) is 11.6 Å². The summed E-state index contributed by atoms with van der Waals surface area (Å²) in [7, 11) is 0. The Morgan fingerprint density at radius 1 is 1.36 bits per heavy atom. The third-order valence-corrected chi connectivity index (χ3v) is 3.64. The van der Waals surface area contributed by atoms with Gasteiger partial charge in [-0.05, 0) is 12.1 Å². The molecule has 4 N–H and O–H groups in total. The van der Waals surface area contributed by atoms with E-state index in [1.807, 2.05) is 0 Å². The summed E-state index contributed by atoms with van der Waals surface area (Å²) >= 11 is 6.00.